The molecule has 140 valence electrons. The van der Waals surface area contributed by atoms with E-state index in [1.807, 2.05) is 51.1 Å². The van der Waals surface area contributed by atoms with E-state index in [9.17, 15) is 4.79 Å². The molecule has 0 fully saturated rings. The largest absolute Gasteiger partial charge is 0.444 e. The van der Waals surface area contributed by atoms with Crippen molar-refractivity contribution in [1.29, 1.82) is 0 Å². The van der Waals surface area contributed by atoms with Gasteiger partial charge in [-0.1, -0.05) is 54.6 Å². The first-order chi connectivity index (χ1) is 12.4. The van der Waals surface area contributed by atoms with Gasteiger partial charge in [0.15, 0.2) is 0 Å². The maximum absolute atomic E-state index is 12.7. The number of carbonyl (C=O) groups excluding carboxylic acids is 1. The van der Waals surface area contributed by atoms with E-state index in [1.165, 1.54) is 0 Å². The van der Waals surface area contributed by atoms with Crippen molar-refractivity contribution in [2.24, 2.45) is 5.73 Å². The SMILES string of the molecule is CC(C)(C)OC(=O)N(CCCCN)Cc1ccccc1-c1ccccc1. The molecule has 0 saturated carbocycles. The van der Waals surface area contributed by atoms with Gasteiger partial charge in [0.25, 0.3) is 0 Å². The topological polar surface area (TPSA) is 55.6 Å². The molecule has 0 bridgehead atoms. The molecule has 0 unspecified atom stereocenters. The van der Waals surface area contributed by atoms with Gasteiger partial charge in [0.05, 0.1) is 0 Å². The first-order valence-corrected chi connectivity index (χ1v) is 9.22. The van der Waals surface area contributed by atoms with Crippen LogP contribution < -0.4 is 5.73 Å². The molecular formula is C22H30N2O2. The molecule has 2 N–H and O–H groups in total. The van der Waals surface area contributed by atoms with Crippen LogP contribution in [-0.4, -0.2) is 29.7 Å². The van der Waals surface area contributed by atoms with E-state index in [1.54, 1.807) is 4.90 Å². The zero-order valence-electron chi connectivity index (χ0n) is 16.1. The van der Waals surface area contributed by atoms with E-state index >= 15 is 0 Å². The molecule has 0 spiro atoms. The molecule has 0 saturated heterocycles. The van der Waals surface area contributed by atoms with E-state index in [2.05, 4.69) is 24.3 Å². The summed E-state index contributed by atoms with van der Waals surface area (Å²) in [5.74, 6) is 0. The third kappa shape index (κ3) is 6.19. The number of hydrogen-bond acceptors (Lipinski definition) is 3. The fourth-order valence-corrected chi connectivity index (χ4v) is 2.77. The Labute approximate surface area is 157 Å². The Kier molecular flexibility index (Phi) is 7.22. The lowest BCUT2D eigenvalue weighted by atomic mass is 9.99. The zero-order valence-corrected chi connectivity index (χ0v) is 16.1. The summed E-state index contributed by atoms with van der Waals surface area (Å²) in [4.78, 5) is 14.5. The van der Waals surface area contributed by atoms with Crippen LogP contribution in [0.25, 0.3) is 11.1 Å². The minimum absolute atomic E-state index is 0.280. The van der Waals surface area contributed by atoms with E-state index in [0.29, 0.717) is 19.6 Å². The molecule has 2 aromatic carbocycles. The van der Waals surface area contributed by atoms with E-state index in [0.717, 1.165) is 29.5 Å². The second-order valence-electron chi connectivity index (χ2n) is 7.42. The van der Waals surface area contributed by atoms with Crippen molar-refractivity contribution in [3.05, 3.63) is 60.2 Å². The van der Waals surface area contributed by atoms with Crippen LogP contribution in [0.15, 0.2) is 54.6 Å². The third-order valence-electron chi connectivity index (χ3n) is 4.00. The Hall–Kier alpha value is -2.33. The molecule has 4 nitrogen and oxygen atoms in total. The Morgan fingerprint density at radius 3 is 2.31 bits per heavy atom. The van der Waals surface area contributed by atoms with Crippen molar-refractivity contribution < 1.29 is 9.53 Å². The Balaban J connectivity index is 2.23. The maximum atomic E-state index is 12.7. The highest BCUT2D eigenvalue weighted by atomic mass is 16.6. The van der Waals surface area contributed by atoms with Crippen molar-refractivity contribution in [2.75, 3.05) is 13.1 Å². The zero-order chi connectivity index (χ0) is 19.0. The number of ether oxygens (including phenoxy) is 1. The van der Waals surface area contributed by atoms with Crippen LogP contribution >= 0.6 is 0 Å². The minimum Gasteiger partial charge on any atom is -0.444 e. The number of nitrogens with two attached hydrogens (primary N) is 1. The summed E-state index contributed by atoms with van der Waals surface area (Å²) in [5, 5.41) is 0. The molecular weight excluding hydrogens is 324 g/mol. The highest BCUT2D eigenvalue weighted by Crippen LogP contribution is 2.25. The molecule has 0 aliphatic rings. The summed E-state index contributed by atoms with van der Waals surface area (Å²) < 4.78 is 5.60. The number of carbonyl (C=O) groups is 1. The van der Waals surface area contributed by atoms with Crippen molar-refractivity contribution in [1.82, 2.24) is 4.90 Å². The average molecular weight is 354 g/mol. The van der Waals surface area contributed by atoms with E-state index in [-0.39, 0.29) is 6.09 Å². The number of rotatable bonds is 7. The van der Waals surface area contributed by atoms with Crippen LogP contribution in [0.2, 0.25) is 0 Å². The minimum atomic E-state index is -0.512. The molecule has 0 atom stereocenters. The van der Waals surface area contributed by atoms with E-state index in [4.69, 9.17) is 10.5 Å². The van der Waals surface area contributed by atoms with Gasteiger partial charge in [0.2, 0.25) is 0 Å². The third-order valence-corrected chi connectivity index (χ3v) is 4.00. The van der Waals surface area contributed by atoms with Gasteiger partial charge in [-0.2, -0.15) is 0 Å². The van der Waals surface area contributed by atoms with Gasteiger partial charge in [0.1, 0.15) is 5.60 Å². The summed E-state index contributed by atoms with van der Waals surface area (Å²) in [7, 11) is 0. The predicted molar refractivity (Wildman–Crippen MR) is 107 cm³/mol. The Morgan fingerprint density at radius 1 is 1.00 bits per heavy atom. The van der Waals surface area contributed by atoms with Gasteiger partial charge in [0, 0.05) is 13.1 Å². The molecule has 2 rings (SSSR count). The van der Waals surface area contributed by atoms with E-state index < -0.39 is 5.60 Å². The lowest BCUT2D eigenvalue weighted by Crippen LogP contribution is -2.37. The standard InChI is InChI=1S/C22H30N2O2/c1-22(2,3)26-21(25)24(16-10-9-15-23)17-19-13-7-8-14-20(19)18-11-5-4-6-12-18/h4-8,11-14H,9-10,15-17,23H2,1-3H3. The lowest BCUT2D eigenvalue weighted by Gasteiger charge is -2.28. The number of nitrogens with zero attached hydrogens (tertiary/aromatic N) is 1. The molecule has 0 radical (unpaired) electrons. The lowest BCUT2D eigenvalue weighted by molar-refractivity contribution is 0.0231. The van der Waals surface area contributed by atoms with Crippen LogP contribution in [0.3, 0.4) is 0 Å². The van der Waals surface area contributed by atoms with Gasteiger partial charge >= 0.3 is 6.09 Å². The summed E-state index contributed by atoms with van der Waals surface area (Å²) in [6.45, 7) is 7.45. The molecule has 0 aliphatic heterocycles. The van der Waals surface area contributed by atoms with Crippen molar-refractivity contribution >= 4 is 6.09 Å². The highest BCUT2D eigenvalue weighted by molar-refractivity contribution is 5.70. The number of benzene rings is 2. The first kappa shape index (κ1) is 20.0. The predicted octanol–water partition coefficient (Wildman–Crippen LogP) is 4.83. The second kappa shape index (κ2) is 9.39. The average Bonchev–Trinajstić information content (AvgIpc) is 2.61. The van der Waals surface area contributed by atoms with Crippen LogP contribution in [0.4, 0.5) is 4.79 Å². The normalized spacial score (nSPS) is 11.2. The molecule has 2 aromatic rings. The van der Waals surface area contributed by atoms with Crippen LogP contribution in [0.1, 0.15) is 39.2 Å². The molecule has 1 amide bonds. The van der Waals surface area contributed by atoms with Crippen molar-refractivity contribution in [3.8, 4) is 11.1 Å². The van der Waals surface area contributed by atoms with Crippen LogP contribution in [0, 0.1) is 0 Å². The smallest absolute Gasteiger partial charge is 0.410 e. The molecule has 0 aliphatic carbocycles. The highest BCUT2D eigenvalue weighted by Gasteiger charge is 2.22. The Morgan fingerprint density at radius 2 is 1.65 bits per heavy atom. The molecule has 26 heavy (non-hydrogen) atoms. The van der Waals surface area contributed by atoms with Crippen LogP contribution in [0.5, 0.6) is 0 Å². The number of unbranched alkanes of at least 4 members (excludes halogenated alkanes) is 1. The molecule has 0 heterocycles. The van der Waals surface area contributed by atoms with Gasteiger partial charge in [-0.05, 0) is 56.8 Å². The van der Waals surface area contributed by atoms with Crippen molar-refractivity contribution in [3.63, 3.8) is 0 Å². The molecule has 0 aromatic heterocycles. The van der Waals surface area contributed by atoms with Gasteiger partial charge < -0.3 is 15.4 Å². The molecule has 4 heteroatoms. The number of hydrogen-bond donors (Lipinski definition) is 1. The van der Waals surface area contributed by atoms with Crippen LogP contribution in [-0.2, 0) is 11.3 Å². The monoisotopic (exact) mass is 354 g/mol. The second-order valence-corrected chi connectivity index (χ2v) is 7.42. The number of amides is 1. The maximum Gasteiger partial charge on any atom is 0.410 e. The fraction of sp³-hybridized carbons (Fsp3) is 0.409. The summed E-state index contributed by atoms with van der Waals surface area (Å²) >= 11 is 0. The van der Waals surface area contributed by atoms with Gasteiger partial charge in [-0.3, -0.25) is 0 Å². The fourth-order valence-electron chi connectivity index (χ4n) is 2.77. The quantitative estimate of drug-likeness (QED) is 0.725. The van der Waals surface area contributed by atoms with Gasteiger partial charge in [-0.25, -0.2) is 4.79 Å². The summed E-state index contributed by atoms with van der Waals surface area (Å²) in [6.07, 6.45) is 1.47. The first-order valence-electron chi connectivity index (χ1n) is 9.22. The Bertz CT molecular complexity index is 693. The summed E-state index contributed by atoms with van der Waals surface area (Å²) in [5.41, 5.74) is 8.49. The summed E-state index contributed by atoms with van der Waals surface area (Å²) in [6, 6.07) is 18.4. The van der Waals surface area contributed by atoms with Crippen molar-refractivity contribution in [2.45, 2.75) is 45.8 Å². The van der Waals surface area contributed by atoms with Gasteiger partial charge in [-0.15, -0.1) is 0 Å².